The first kappa shape index (κ1) is 15.3. The van der Waals surface area contributed by atoms with E-state index in [1.54, 1.807) is 0 Å². The van der Waals surface area contributed by atoms with E-state index >= 15 is 0 Å². The predicted octanol–water partition coefficient (Wildman–Crippen LogP) is 0.254. The Morgan fingerprint density at radius 2 is 2.30 bits per heavy atom. The maximum absolute atomic E-state index is 12.2. The molecule has 1 amide bonds. The molecular formula is C11H18N4O3S2. The fourth-order valence-electron chi connectivity index (χ4n) is 2.22. The number of amides is 1. The van der Waals surface area contributed by atoms with Crippen LogP contribution in [-0.4, -0.2) is 53.6 Å². The van der Waals surface area contributed by atoms with Crippen molar-refractivity contribution in [3.8, 4) is 0 Å². The van der Waals surface area contributed by atoms with E-state index in [9.17, 15) is 13.2 Å². The van der Waals surface area contributed by atoms with Gasteiger partial charge in [0.2, 0.25) is 10.0 Å². The zero-order valence-corrected chi connectivity index (χ0v) is 13.1. The Morgan fingerprint density at radius 3 is 2.95 bits per heavy atom. The highest BCUT2D eigenvalue weighted by Crippen LogP contribution is 2.15. The van der Waals surface area contributed by atoms with Crippen LogP contribution in [0.3, 0.4) is 0 Å². The van der Waals surface area contributed by atoms with E-state index in [-0.39, 0.29) is 11.9 Å². The SMILES string of the molecule is CCc1nnsc1C(=O)NC1CCCN(S(C)(=O)=O)C1. The Bertz CT molecular complexity index is 584. The van der Waals surface area contributed by atoms with Crippen LogP contribution in [0.5, 0.6) is 0 Å². The fraction of sp³-hybridized carbons (Fsp3) is 0.727. The Hall–Kier alpha value is -1.06. The normalized spacial score (nSPS) is 20.8. The van der Waals surface area contributed by atoms with Gasteiger partial charge in [0, 0.05) is 19.1 Å². The number of carbonyl (C=O) groups excluding carboxylic acids is 1. The van der Waals surface area contributed by atoms with E-state index in [2.05, 4.69) is 14.9 Å². The fourth-order valence-corrected chi connectivity index (χ4v) is 3.79. The van der Waals surface area contributed by atoms with Gasteiger partial charge >= 0.3 is 0 Å². The first-order valence-corrected chi connectivity index (χ1v) is 9.11. The van der Waals surface area contributed by atoms with Crippen LogP contribution in [0, 0.1) is 0 Å². The summed E-state index contributed by atoms with van der Waals surface area (Å²) in [6.45, 7) is 2.77. The molecule has 1 fully saturated rings. The van der Waals surface area contributed by atoms with Gasteiger partial charge in [-0.15, -0.1) is 5.10 Å². The third kappa shape index (κ3) is 3.53. The van der Waals surface area contributed by atoms with E-state index in [0.717, 1.165) is 24.4 Å². The van der Waals surface area contributed by atoms with E-state index in [1.807, 2.05) is 6.92 Å². The topological polar surface area (TPSA) is 92.3 Å². The number of nitrogens with zero attached hydrogens (tertiary/aromatic N) is 3. The molecule has 0 aromatic carbocycles. The van der Waals surface area contributed by atoms with E-state index in [0.29, 0.717) is 30.1 Å². The third-order valence-electron chi connectivity index (χ3n) is 3.29. The van der Waals surface area contributed by atoms with E-state index < -0.39 is 10.0 Å². The smallest absolute Gasteiger partial charge is 0.265 e. The van der Waals surface area contributed by atoms with Crippen LogP contribution in [-0.2, 0) is 16.4 Å². The summed E-state index contributed by atoms with van der Waals surface area (Å²) in [5.74, 6) is -0.211. The number of piperidine rings is 1. The quantitative estimate of drug-likeness (QED) is 0.859. The number of hydrogen-bond donors (Lipinski definition) is 1. The molecule has 20 heavy (non-hydrogen) atoms. The van der Waals surface area contributed by atoms with Gasteiger partial charge in [-0.05, 0) is 30.8 Å². The van der Waals surface area contributed by atoms with Crippen LogP contribution in [0.1, 0.15) is 35.1 Å². The van der Waals surface area contributed by atoms with E-state index in [4.69, 9.17) is 0 Å². The highest BCUT2D eigenvalue weighted by atomic mass is 32.2. The van der Waals surface area contributed by atoms with Gasteiger partial charge in [-0.2, -0.15) is 0 Å². The molecule has 2 rings (SSSR count). The Kier molecular flexibility index (Phi) is 4.71. The lowest BCUT2D eigenvalue weighted by Gasteiger charge is -2.31. The molecule has 2 heterocycles. The highest BCUT2D eigenvalue weighted by Gasteiger charge is 2.28. The number of rotatable bonds is 4. The highest BCUT2D eigenvalue weighted by molar-refractivity contribution is 7.88. The lowest BCUT2D eigenvalue weighted by Crippen LogP contribution is -2.49. The summed E-state index contributed by atoms with van der Waals surface area (Å²) >= 11 is 1.07. The van der Waals surface area contributed by atoms with Crippen molar-refractivity contribution >= 4 is 27.5 Å². The summed E-state index contributed by atoms with van der Waals surface area (Å²) in [5.41, 5.74) is 0.684. The summed E-state index contributed by atoms with van der Waals surface area (Å²) in [6.07, 6.45) is 3.38. The van der Waals surface area contributed by atoms with Gasteiger partial charge in [-0.3, -0.25) is 4.79 Å². The molecule has 1 N–H and O–H groups in total. The summed E-state index contributed by atoms with van der Waals surface area (Å²) < 4.78 is 28.3. The van der Waals surface area contributed by atoms with Crippen LogP contribution in [0.15, 0.2) is 0 Å². The lowest BCUT2D eigenvalue weighted by atomic mass is 10.1. The van der Waals surface area contributed by atoms with Gasteiger partial charge in [0.05, 0.1) is 11.9 Å². The summed E-state index contributed by atoms with van der Waals surface area (Å²) in [5, 5.41) is 6.79. The molecule has 1 aliphatic rings. The Labute approximate surface area is 122 Å². The van der Waals surface area contributed by atoms with Gasteiger partial charge in [0.15, 0.2) is 0 Å². The average molecular weight is 318 g/mol. The van der Waals surface area contributed by atoms with Crippen molar-refractivity contribution in [1.29, 1.82) is 0 Å². The van der Waals surface area contributed by atoms with Gasteiger partial charge in [0.25, 0.3) is 5.91 Å². The minimum absolute atomic E-state index is 0.155. The molecule has 1 aromatic heterocycles. The zero-order valence-electron chi connectivity index (χ0n) is 11.5. The molecule has 1 unspecified atom stereocenters. The summed E-state index contributed by atoms with van der Waals surface area (Å²) in [4.78, 5) is 12.7. The van der Waals surface area contributed by atoms with Crippen molar-refractivity contribution in [2.75, 3.05) is 19.3 Å². The molecule has 0 spiro atoms. The van der Waals surface area contributed by atoms with E-state index in [1.165, 1.54) is 10.6 Å². The van der Waals surface area contributed by atoms with Crippen LogP contribution in [0.4, 0.5) is 0 Å². The molecule has 0 bridgehead atoms. The number of carbonyl (C=O) groups is 1. The van der Waals surface area contributed by atoms with Crippen molar-refractivity contribution in [2.45, 2.75) is 32.2 Å². The van der Waals surface area contributed by atoms with Gasteiger partial charge in [0.1, 0.15) is 4.88 Å². The predicted molar refractivity (Wildman–Crippen MR) is 76.2 cm³/mol. The van der Waals surface area contributed by atoms with Crippen molar-refractivity contribution in [1.82, 2.24) is 19.2 Å². The molecule has 7 nitrogen and oxygen atoms in total. The van der Waals surface area contributed by atoms with Gasteiger partial charge in [-0.25, -0.2) is 12.7 Å². The van der Waals surface area contributed by atoms with Crippen LogP contribution in [0.2, 0.25) is 0 Å². The number of hydrogen-bond acceptors (Lipinski definition) is 6. The Balaban J connectivity index is 2.01. The van der Waals surface area contributed by atoms with Crippen LogP contribution < -0.4 is 5.32 Å². The zero-order chi connectivity index (χ0) is 14.8. The first-order chi connectivity index (χ1) is 9.41. The molecular weight excluding hydrogens is 300 g/mol. The molecule has 1 saturated heterocycles. The monoisotopic (exact) mass is 318 g/mol. The standard InChI is InChI=1S/C11H18N4O3S2/c1-3-9-10(19-14-13-9)11(16)12-8-5-4-6-15(7-8)20(2,17)18/h8H,3-7H2,1-2H3,(H,12,16). The van der Waals surface area contributed by atoms with Crippen molar-refractivity contribution in [3.05, 3.63) is 10.6 Å². The molecule has 0 radical (unpaired) electrons. The van der Waals surface area contributed by atoms with Crippen molar-refractivity contribution in [3.63, 3.8) is 0 Å². The van der Waals surface area contributed by atoms with Crippen molar-refractivity contribution in [2.24, 2.45) is 0 Å². The molecule has 112 valence electrons. The Morgan fingerprint density at radius 1 is 1.55 bits per heavy atom. The molecule has 9 heteroatoms. The molecule has 0 saturated carbocycles. The van der Waals surface area contributed by atoms with Crippen molar-refractivity contribution < 1.29 is 13.2 Å². The largest absolute Gasteiger partial charge is 0.347 e. The summed E-state index contributed by atoms with van der Waals surface area (Å²) in [6, 6.07) is -0.155. The number of aryl methyl sites for hydroxylation is 1. The number of nitrogens with one attached hydrogen (secondary N) is 1. The number of aromatic nitrogens is 2. The molecule has 1 aromatic rings. The average Bonchev–Trinajstić information content (AvgIpc) is 2.86. The number of sulfonamides is 1. The maximum Gasteiger partial charge on any atom is 0.265 e. The van der Waals surface area contributed by atoms with Gasteiger partial charge in [-0.1, -0.05) is 11.4 Å². The summed E-state index contributed by atoms with van der Waals surface area (Å²) in [7, 11) is -3.20. The second kappa shape index (κ2) is 6.15. The molecule has 0 aliphatic carbocycles. The third-order valence-corrected chi connectivity index (χ3v) is 5.32. The van der Waals surface area contributed by atoms with Crippen LogP contribution >= 0.6 is 11.5 Å². The maximum atomic E-state index is 12.2. The first-order valence-electron chi connectivity index (χ1n) is 6.49. The lowest BCUT2D eigenvalue weighted by molar-refractivity contribution is 0.0924. The minimum atomic E-state index is -3.20. The molecule has 1 atom stereocenters. The molecule has 1 aliphatic heterocycles. The minimum Gasteiger partial charge on any atom is -0.347 e. The second-order valence-electron chi connectivity index (χ2n) is 4.84. The van der Waals surface area contributed by atoms with Crippen LogP contribution in [0.25, 0.3) is 0 Å². The van der Waals surface area contributed by atoms with Gasteiger partial charge < -0.3 is 5.32 Å². The second-order valence-corrected chi connectivity index (χ2v) is 7.57.